The van der Waals surface area contributed by atoms with E-state index in [4.69, 9.17) is 4.42 Å². The van der Waals surface area contributed by atoms with E-state index in [-0.39, 0.29) is 11.8 Å². The van der Waals surface area contributed by atoms with Crippen LogP contribution in [0.3, 0.4) is 0 Å². The highest BCUT2D eigenvalue weighted by molar-refractivity contribution is 7.90. The molecule has 0 saturated carbocycles. The molecule has 0 aliphatic carbocycles. The van der Waals surface area contributed by atoms with Crippen molar-refractivity contribution < 1.29 is 12.8 Å². The molecule has 1 saturated heterocycles. The minimum atomic E-state index is -3.28. The first-order chi connectivity index (χ1) is 8.08. The Kier molecular flexibility index (Phi) is 3.80. The molecule has 7 heteroatoms. The first-order valence-electron chi connectivity index (χ1n) is 5.68. The number of nitrogens with one attached hydrogen (secondary N) is 2. The average Bonchev–Trinajstić information content (AvgIpc) is 2.74. The third-order valence-corrected chi connectivity index (χ3v) is 4.61. The molecule has 1 aliphatic rings. The Hall–Kier alpha value is -0.920. The highest BCUT2D eigenvalue weighted by atomic mass is 32.2. The van der Waals surface area contributed by atoms with Crippen LogP contribution in [0.1, 0.15) is 24.5 Å². The summed E-state index contributed by atoms with van der Waals surface area (Å²) in [5.74, 6) is 1.08. The highest BCUT2D eigenvalue weighted by Crippen LogP contribution is 2.11. The second-order valence-electron chi connectivity index (χ2n) is 4.20. The molecule has 2 rings (SSSR count). The number of piperidine rings is 1. The Labute approximate surface area is 101 Å². The summed E-state index contributed by atoms with van der Waals surface area (Å²) in [6, 6.07) is 0. The third kappa shape index (κ3) is 3.27. The van der Waals surface area contributed by atoms with E-state index in [1.165, 1.54) is 0 Å². The Balaban J connectivity index is 1.92. The maximum Gasteiger partial charge on any atom is 0.216 e. The average molecular weight is 259 g/mol. The molecule has 2 N–H and O–H groups in total. The van der Waals surface area contributed by atoms with Gasteiger partial charge in [-0.3, -0.25) is 0 Å². The van der Waals surface area contributed by atoms with E-state index in [2.05, 4.69) is 15.0 Å². The number of nitrogens with zero attached hydrogens (tertiary/aromatic N) is 1. The Morgan fingerprint density at radius 2 is 2.47 bits per heavy atom. The van der Waals surface area contributed by atoms with Gasteiger partial charge in [0.2, 0.25) is 15.9 Å². The van der Waals surface area contributed by atoms with Gasteiger partial charge in [-0.25, -0.2) is 18.1 Å². The summed E-state index contributed by atoms with van der Waals surface area (Å²) in [7, 11) is -3.28. The molecule has 6 nitrogen and oxygen atoms in total. The highest BCUT2D eigenvalue weighted by Gasteiger charge is 2.26. The molecular formula is C10H17N3O3S. The summed E-state index contributed by atoms with van der Waals surface area (Å²) in [5.41, 5.74) is 0. The minimum absolute atomic E-state index is 0.118. The van der Waals surface area contributed by atoms with Crippen molar-refractivity contribution in [3.05, 3.63) is 17.8 Å². The molecule has 1 aliphatic heterocycles. The molecular weight excluding hydrogens is 242 g/mol. The van der Waals surface area contributed by atoms with E-state index < -0.39 is 10.0 Å². The van der Waals surface area contributed by atoms with Crippen LogP contribution in [0.15, 0.2) is 10.6 Å². The summed E-state index contributed by atoms with van der Waals surface area (Å²) < 4.78 is 31.6. The molecule has 96 valence electrons. The van der Waals surface area contributed by atoms with Gasteiger partial charge >= 0.3 is 0 Å². The summed E-state index contributed by atoms with van der Waals surface area (Å²) in [6.45, 7) is 3.30. The van der Waals surface area contributed by atoms with Crippen molar-refractivity contribution in [2.45, 2.75) is 31.6 Å². The van der Waals surface area contributed by atoms with E-state index in [1.807, 2.05) is 0 Å². The van der Waals surface area contributed by atoms with Gasteiger partial charge in [0.25, 0.3) is 0 Å². The van der Waals surface area contributed by atoms with Crippen LogP contribution in [0.25, 0.3) is 0 Å². The van der Waals surface area contributed by atoms with E-state index in [1.54, 1.807) is 13.1 Å². The van der Waals surface area contributed by atoms with Gasteiger partial charge in [-0.05, 0) is 26.3 Å². The number of aryl methyl sites for hydroxylation is 1. The summed E-state index contributed by atoms with van der Waals surface area (Å²) in [6.07, 6.45) is 3.17. The van der Waals surface area contributed by atoms with E-state index >= 15 is 0 Å². The van der Waals surface area contributed by atoms with Crippen molar-refractivity contribution in [1.29, 1.82) is 0 Å². The third-order valence-electron chi connectivity index (χ3n) is 2.78. The number of hydrogen-bond donors (Lipinski definition) is 2. The van der Waals surface area contributed by atoms with Crippen molar-refractivity contribution in [3.63, 3.8) is 0 Å². The van der Waals surface area contributed by atoms with Crippen LogP contribution in [0.4, 0.5) is 0 Å². The largest absolute Gasteiger partial charge is 0.445 e. The van der Waals surface area contributed by atoms with Crippen molar-refractivity contribution in [1.82, 2.24) is 15.0 Å². The van der Waals surface area contributed by atoms with Gasteiger partial charge in [-0.1, -0.05) is 0 Å². The molecule has 1 unspecified atom stereocenters. The zero-order valence-electron chi connectivity index (χ0n) is 9.77. The van der Waals surface area contributed by atoms with Crippen LogP contribution in [0, 0.1) is 6.92 Å². The normalized spacial score (nSPS) is 21.6. The van der Waals surface area contributed by atoms with E-state index in [0.717, 1.165) is 13.0 Å². The van der Waals surface area contributed by atoms with Crippen molar-refractivity contribution in [3.8, 4) is 0 Å². The maximum absolute atomic E-state index is 11.9. The van der Waals surface area contributed by atoms with E-state index in [9.17, 15) is 8.42 Å². The second-order valence-corrected chi connectivity index (χ2v) is 6.24. The Morgan fingerprint density at radius 3 is 3.06 bits per heavy atom. The second kappa shape index (κ2) is 5.16. The van der Waals surface area contributed by atoms with Gasteiger partial charge in [-0.15, -0.1) is 0 Å². The zero-order valence-corrected chi connectivity index (χ0v) is 10.6. The lowest BCUT2D eigenvalue weighted by molar-refractivity contribution is 0.456. The Bertz CT molecular complexity index is 463. The predicted octanol–water partition coefficient (Wildman–Crippen LogP) is 0.154. The van der Waals surface area contributed by atoms with Crippen LogP contribution in [-0.4, -0.2) is 31.7 Å². The molecule has 1 aromatic rings. The zero-order chi connectivity index (χ0) is 12.3. The fourth-order valence-electron chi connectivity index (χ4n) is 1.85. The lowest BCUT2D eigenvalue weighted by Crippen LogP contribution is -2.44. The monoisotopic (exact) mass is 259 g/mol. The fraction of sp³-hybridized carbons (Fsp3) is 0.700. The standard InChI is InChI=1S/C10H17N3O3S/c1-8-5-12-10(16-8)7-13-17(14,15)9-3-2-4-11-6-9/h5,9,11,13H,2-4,6-7H2,1H3. The van der Waals surface area contributed by atoms with Gasteiger partial charge in [0.05, 0.1) is 18.0 Å². The van der Waals surface area contributed by atoms with Gasteiger partial charge in [0.15, 0.2) is 0 Å². The molecule has 0 aromatic carbocycles. The Morgan fingerprint density at radius 1 is 1.65 bits per heavy atom. The van der Waals surface area contributed by atoms with Gasteiger partial charge in [-0.2, -0.15) is 0 Å². The fourth-order valence-corrected chi connectivity index (χ4v) is 3.22. The van der Waals surface area contributed by atoms with Crippen molar-refractivity contribution >= 4 is 10.0 Å². The lowest BCUT2D eigenvalue weighted by atomic mass is 10.2. The summed E-state index contributed by atoms with van der Waals surface area (Å²) in [4.78, 5) is 3.95. The molecule has 0 bridgehead atoms. The SMILES string of the molecule is Cc1cnc(CNS(=O)(=O)C2CCCNC2)o1. The van der Waals surface area contributed by atoms with Crippen LogP contribution >= 0.6 is 0 Å². The van der Waals surface area contributed by atoms with Gasteiger partial charge in [0, 0.05) is 6.54 Å². The smallest absolute Gasteiger partial charge is 0.216 e. The molecule has 0 amide bonds. The number of aromatic nitrogens is 1. The first kappa shape index (κ1) is 12.5. The molecule has 2 heterocycles. The van der Waals surface area contributed by atoms with Crippen molar-refractivity contribution in [2.24, 2.45) is 0 Å². The maximum atomic E-state index is 11.9. The number of hydrogen-bond acceptors (Lipinski definition) is 5. The number of sulfonamides is 1. The van der Waals surface area contributed by atoms with Crippen LogP contribution < -0.4 is 10.0 Å². The van der Waals surface area contributed by atoms with Gasteiger partial charge < -0.3 is 9.73 Å². The summed E-state index contributed by atoms with van der Waals surface area (Å²) >= 11 is 0. The molecule has 17 heavy (non-hydrogen) atoms. The lowest BCUT2D eigenvalue weighted by Gasteiger charge is -2.22. The van der Waals surface area contributed by atoms with E-state index in [0.29, 0.717) is 24.6 Å². The van der Waals surface area contributed by atoms with Crippen LogP contribution in [-0.2, 0) is 16.6 Å². The number of oxazole rings is 1. The van der Waals surface area contributed by atoms with Crippen LogP contribution in [0.2, 0.25) is 0 Å². The molecule has 1 aromatic heterocycles. The van der Waals surface area contributed by atoms with Gasteiger partial charge in [0.1, 0.15) is 5.76 Å². The molecule has 1 fully saturated rings. The molecule has 0 radical (unpaired) electrons. The quantitative estimate of drug-likeness (QED) is 0.804. The molecule has 0 spiro atoms. The number of rotatable bonds is 4. The van der Waals surface area contributed by atoms with Crippen molar-refractivity contribution in [2.75, 3.05) is 13.1 Å². The predicted molar refractivity (Wildman–Crippen MR) is 62.9 cm³/mol. The summed E-state index contributed by atoms with van der Waals surface area (Å²) in [5, 5.41) is 2.73. The minimum Gasteiger partial charge on any atom is -0.445 e. The van der Waals surface area contributed by atoms with Crippen LogP contribution in [0.5, 0.6) is 0 Å². The molecule has 1 atom stereocenters. The topological polar surface area (TPSA) is 84.2 Å². The first-order valence-corrected chi connectivity index (χ1v) is 7.23.